The average molecular weight is 1280 g/mol. The minimum Gasteiger partial charge on any atom is -0.301 e. The molecule has 0 bridgehead atoms. The van der Waals surface area contributed by atoms with Crippen molar-refractivity contribution in [3.05, 3.63) is 371 Å². The van der Waals surface area contributed by atoms with Crippen molar-refractivity contribution in [3.63, 3.8) is 0 Å². The van der Waals surface area contributed by atoms with Gasteiger partial charge in [-0.15, -0.1) is 0 Å². The maximum atomic E-state index is 16.4. The topological polar surface area (TPSA) is 115 Å². The number of hydrogen-bond donors (Lipinski definition) is 0. The van der Waals surface area contributed by atoms with Crippen LogP contribution in [0.1, 0.15) is 136 Å². The summed E-state index contributed by atoms with van der Waals surface area (Å²) in [5, 5.41) is 6.56. The minimum absolute atomic E-state index is 0.249. The Kier molecular flexibility index (Phi) is 17.5. The Labute approximate surface area is 568 Å². The summed E-state index contributed by atoms with van der Waals surface area (Å²) in [4.78, 5) is 101. The van der Waals surface area contributed by atoms with Crippen LogP contribution in [0.25, 0.3) is 53.9 Å². The molecule has 0 saturated carbocycles. The Balaban J connectivity index is 0.874. The minimum atomic E-state index is -0.684. The highest BCUT2D eigenvalue weighted by Crippen LogP contribution is 2.43. The summed E-state index contributed by atoms with van der Waals surface area (Å²) in [5.41, 5.74) is 6.34. The second-order valence-electron chi connectivity index (χ2n) is 24.8. The molecule has 0 heterocycles. The Bertz CT molecular complexity index is 5400. The van der Waals surface area contributed by atoms with E-state index in [2.05, 4.69) is 0 Å². The Morgan fingerprint density at radius 3 is 0.755 bits per heavy atom. The van der Waals surface area contributed by atoms with Crippen LogP contribution < -0.4 is 9.80 Å². The number of rotatable bonds is 16. The molecule has 0 fully saturated rings. The third kappa shape index (κ3) is 11.6. The van der Waals surface area contributed by atoms with E-state index in [9.17, 15) is 0 Å². The number of imide groups is 2. The van der Waals surface area contributed by atoms with Gasteiger partial charge in [0, 0.05) is 44.2 Å². The van der Waals surface area contributed by atoms with Crippen LogP contribution in [0.15, 0.2) is 315 Å². The zero-order valence-electron chi connectivity index (χ0n) is 54.6. The van der Waals surface area contributed by atoms with Crippen molar-refractivity contribution in [2.24, 2.45) is 0 Å². The molecule has 14 aromatic carbocycles. The van der Waals surface area contributed by atoms with Crippen molar-refractivity contribution in [1.29, 1.82) is 0 Å². The monoisotopic (exact) mass is 1280 g/mol. The van der Waals surface area contributed by atoms with Crippen molar-refractivity contribution in [2.75, 3.05) is 9.80 Å². The van der Waals surface area contributed by atoms with Crippen LogP contribution >= 0.6 is 0 Å². The quantitative estimate of drug-likeness (QED) is 0.0890. The van der Waals surface area contributed by atoms with Crippen LogP contribution in [-0.4, -0.2) is 45.2 Å². The zero-order valence-corrected chi connectivity index (χ0v) is 54.6. The molecule has 476 valence electrons. The number of amides is 6. The lowest BCUT2D eigenvalue weighted by atomic mass is 9.94. The summed E-state index contributed by atoms with van der Waals surface area (Å²) in [6, 6.07) is 95.4. The number of hydrogen-bond acceptors (Lipinski definition) is 6. The number of benzene rings is 14. The summed E-state index contributed by atoms with van der Waals surface area (Å²) in [6.07, 6.45) is 0. The molecule has 14 aromatic rings. The van der Waals surface area contributed by atoms with Gasteiger partial charge in [0.25, 0.3) is 35.4 Å². The van der Waals surface area contributed by atoms with Gasteiger partial charge in [-0.25, -0.2) is 0 Å². The van der Waals surface area contributed by atoms with Gasteiger partial charge < -0.3 is 9.80 Å². The SMILES string of the molecule is C[C@@H](c1ccccc1)N(C(=O)c1cccc2ccccc12)C(=O)c1ccc(C(=O)N(c2ccc(C(=O)N(c3ccc(C(=O)N(C(=O)c4cccc5ccccc45)[C@@H](C)c4ccccc4)c4ccccc34)[C@@H](C)c3ccccc3)c3ccccc23)[C@@H](C)c2ccccc2)c2ccccc12. The van der Waals surface area contributed by atoms with E-state index in [4.69, 9.17) is 0 Å². The van der Waals surface area contributed by atoms with E-state index in [1.165, 1.54) is 9.80 Å². The second-order valence-corrected chi connectivity index (χ2v) is 24.8. The van der Waals surface area contributed by atoms with Crippen molar-refractivity contribution in [1.82, 2.24) is 9.80 Å². The molecule has 0 aromatic heterocycles. The predicted octanol–water partition coefficient (Wildman–Crippen LogP) is 20.4. The van der Waals surface area contributed by atoms with Crippen LogP contribution in [0.4, 0.5) is 11.4 Å². The van der Waals surface area contributed by atoms with Gasteiger partial charge in [0.1, 0.15) is 0 Å². The molecule has 0 spiro atoms. The van der Waals surface area contributed by atoms with E-state index in [-0.39, 0.29) is 22.9 Å². The fourth-order valence-corrected chi connectivity index (χ4v) is 14.0. The second kappa shape index (κ2) is 27.1. The van der Waals surface area contributed by atoms with Crippen molar-refractivity contribution in [2.45, 2.75) is 51.9 Å². The summed E-state index contributed by atoms with van der Waals surface area (Å²) in [6.45, 7) is 7.69. The molecule has 4 atom stereocenters. The van der Waals surface area contributed by atoms with E-state index >= 15 is 28.8 Å². The molecular formula is C88H68N4O6. The normalized spacial score (nSPS) is 12.6. The first kappa shape index (κ1) is 63.0. The van der Waals surface area contributed by atoms with Crippen molar-refractivity contribution in [3.8, 4) is 0 Å². The molecule has 0 N–H and O–H groups in total. The van der Waals surface area contributed by atoms with Gasteiger partial charge in [0.2, 0.25) is 0 Å². The van der Waals surface area contributed by atoms with E-state index in [0.29, 0.717) is 65.9 Å². The summed E-state index contributed by atoms with van der Waals surface area (Å²) in [7, 11) is 0. The van der Waals surface area contributed by atoms with Gasteiger partial charge in [-0.1, -0.05) is 267 Å². The highest BCUT2D eigenvalue weighted by molar-refractivity contribution is 6.25. The smallest absolute Gasteiger partial charge is 0.261 e. The van der Waals surface area contributed by atoms with E-state index in [1.807, 2.05) is 307 Å². The lowest BCUT2D eigenvalue weighted by molar-refractivity contribution is 0.0542. The number of carbonyl (C=O) groups is 6. The first-order valence-corrected chi connectivity index (χ1v) is 33.0. The molecule has 98 heavy (non-hydrogen) atoms. The van der Waals surface area contributed by atoms with Gasteiger partial charge in [-0.3, -0.25) is 38.6 Å². The maximum absolute atomic E-state index is 16.4. The maximum Gasteiger partial charge on any atom is 0.261 e. The molecular weight excluding hydrogens is 1210 g/mol. The molecule has 0 aliphatic carbocycles. The predicted molar refractivity (Wildman–Crippen MR) is 394 cm³/mol. The number of nitrogens with zero attached hydrogens (tertiary/aromatic N) is 4. The lowest BCUT2D eigenvalue weighted by Crippen LogP contribution is -2.39. The standard InChI is InChI=1S/C88H68N4O6/c1-57(61-29-9-5-10-30-61)89(83(93)77-51-52-78(70-44-22-21-43-69(70)77)87(97)91(59(3)63-33-13-7-14-34-63)85(95)75-49-27-39-65-37-17-19-41-67(65)75)81-55-53-79(71-45-23-25-47-73(71)81)84(94)90(58(2)62-31-11-6-12-32-62)82-56-54-80(72-46-24-26-48-74(72)82)88(98)92(60(4)64-35-15-8-16-36-64)86(96)76-50-28-40-66-38-18-20-42-68(66)76/h5-60H,1-4H3/t57-,58-,59-,60-/m0/s1. The number of anilines is 2. The Hall–Kier alpha value is -12.4. The Morgan fingerprint density at radius 1 is 0.204 bits per heavy atom. The lowest BCUT2D eigenvalue weighted by Gasteiger charge is -2.34. The molecule has 0 aliphatic heterocycles. The van der Waals surface area contributed by atoms with Crippen LogP contribution in [0.3, 0.4) is 0 Å². The van der Waals surface area contributed by atoms with Gasteiger partial charge in [-0.05, 0) is 142 Å². The van der Waals surface area contributed by atoms with E-state index in [0.717, 1.165) is 43.8 Å². The molecule has 0 saturated heterocycles. The summed E-state index contributed by atoms with van der Waals surface area (Å²) in [5.74, 6) is -2.62. The third-order valence-electron chi connectivity index (χ3n) is 19.2. The van der Waals surface area contributed by atoms with Gasteiger partial charge >= 0.3 is 0 Å². The van der Waals surface area contributed by atoms with Crippen LogP contribution in [0, 0.1) is 0 Å². The van der Waals surface area contributed by atoms with Gasteiger partial charge in [-0.2, -0.15) is 0 Å². The largest absolute Gasteiger partial charge is 0.301 e. The average Bonchev–Trinajstić information content (AvgIpc) is 0.746. The van der Waals surface area contributed by atoms with Crippen LogP contribution in [0.2, 0.25) is 0 Å². The van der Waals surface area contributed by atoms with E-state index in [1.54, 1.807) is 46.2 Å². The summed E-state index contributed by atoms with van der Waals surface area (Å²) < 4.78 is 0. The zero-order chi connectivity index (χ0) is 67.6. The third-order valence-corrected chi connectivity index (χ3v) is 19.2. The number of fused-ring (bicyclic) bond motifs is 5. The number of carbonyl (C=O) groups excluding carboxylic acids is 6. The fraction of sp³-hybridized carbons (Fsp3) is 0.0909. The van der Waals surface area contributed by atoms with Crippen molar-refractivity contribution < 1.29 is 28.8 Å². The van der Waals surface area contributed by atoms with Crippen LogP contribution in [-0.2, 0) is 0 Å². The Morgan fingerprint density at radius 2 is 0.429 bits per heavy atom. The molecule has 6 amide bonds. The molecule has 0 radical (unpaired) electrons. The molecule has 0 aliphatic rings. The van der Waals surface area contributed by atoms with E-state index < -0.39 is 47.8 Å². The highest BCUT2D eigenvalue weighted by Gasteiger charge is 2.37. The first-order chi connectivity index (χ1) is 47.9. The molecule has 14 rings (SSSR count). The van der Waals surface area contributed by atoms with Gasteiger partial charge in [0.05, 0.1) is 35.5 Å². The van der Waals surface area contributed by atoms with Crippen molar-refractivity contribution >= 4 is 101 Å². The summed E-state index contributed by atoms with van der Waals surface area (Å²) >= 11 is 0. The molecule has 0 unspecified atom stereocenters. The van der Waals surface area contributed by atoms with Gasteiger partial charge in [0.15, 0.2) is 0 Å². The van der Waals surface area contributed by atoms with Crippen LogP contribution in [0.5, 0.6) is 0 Å². The first-order valence-electron chi connectivity index (χ1n) is 33.0. The fourth-order valence-electron chi connectivity index (χ4n) is 14.0. The molecule has 10 heteroatoms. The molecule has 10 nitrogen and oxygen atoms in total. The highest BCUT2D eigenvalue weighted by atomic mass is 16.2.